The molecule has 0 amide bonds. The summed E-state index contributed by atoms with van der Waals surface area (Å²) in [7, 11) is 0. The molecule has 0 aliphatic rings. The van der Waals surface area contributed by atoms with Crippen molar-refractivity contribution >= 4 is 39.8 Å². The van der Waals surface area contributed by atoms with E-state index in [4.69, 9.17) is 12.2 Å². The summed E-state index contributed by atoms with van der Waals surface area (Å²) in [6.07, 6.45) is 2.10. The maximum atomic E-state index is 5.23. The highest BCUT2D eigenvalue weighted by atomic mass is 32.1. The molecular weight excluding hydrogens is 210 g/mol. The van der Waals surface area contributed by atoms with E-state index in [1.807, 2.05) is 6.07 Å². The van der Waals surface area contributed by atoms with E-state index in [9.17, 15) is 0 Å². The number of nitrogens with zero attached hydrogens (tertiary/aromatic N) is 1. The summed E-state index contributed by atoms with van der Waals surface area (Å²) in [4.78, 5) is 0. The predicted molar refractivity (Wildman–Crippen MR) is 63.6 cm³/mol. The van der Waals surface area contributed by atoms with Gasteiger partial charge in [0.05, 0.1) is 5.52 Å². The average Bonchev–Trinajstić information content (AvgIpc) is 2.57. The molecule has 68 valence electrons. The standard InChI is InChI=1S/C11H7NS2/c13-11-12-6-9-4-2-1-3-8(9)5-10(12)7-14-11/h1-7H. The van der Waals surface area contributed by atoms with Crippen molar-refractivity contribution in [1.29, 1.82) is 0 Å². The molecule has 0 unspecified atom stereocenters. The van der Waals surface area contributed by atoms with Crippen LogP contribution in [0.1, 0.15) is 0 Å². The second-order valence-electron chi connectivity index (χ2n) is 3.20. The first-order valence-corrected chi connectivity index (χ1v) is 5.62. The molecule has 3 heteroatoms. The summed E-state index contributed by atoms with van der Waals surface area (Å²) in [5.41, 5.74) is 1.18. The zero-order chi connectivity index (χ0) is 9.54. The molecule has 1 nitrogen and oxygen atoms in total. The van der Waals surface area contributed by atoms with Crippen LogP contribution >= 0.6 is 23.6 Å². The summed E-state index contributed by atoms with van der Waals surface area (Å²) < 4.78 is 2.97. The Bertz CT molecular complexity index is 663. The Morgan fingerprint density at radius 2 is 1.93 bits per heavy atom. The third-order valence-electron chi connectivity index (χ3n) is 2.32. The maximum Gasteiger partial charge on any atom is 0.165 e. The number of fused-ring (bicyclic) bond motifs is 2. The zero-order valence-electron chi connectivity index (χ0n) is 7.31. The van der Waals surface area contributed by atoms with Gasteiger partial charge in [-0.2, -0.15) is 0 Å². The molecule has 0 saturated heterocycles. The molecule has 0 aliphatic carbocycles. The molecule has 0 radical (unpaired) electrons. The molecule has 0 atom stereocenters. The van der Waals surface area contributed by atoms with E-state index in [-0.39, 0.29) is 0 Å². The molecule has 3 rings (SSSR count). The Morgan fingerprint density at radius 3 is 2.79 bits per heavy atom. The quantitative estimate of drug-likeness (QED) is 0.517. The minimum Gasteiger partial charge on any atom is -0.298 e. The molecule has 0 spiro atoms. The Morgan fingerprint density at radius 1 is 1.14 bits per heavy atom. The van der Waals surface area contributed by atoms with E-state index in [2.05, 4.69) is 40.2 Å². The molecule has 2 aromatic heterocycles. The predicted octanol–water partition coefficient (Wildman–Crippen LogP) is 3.88. The average molecular weight is 217 g/mol. The first-order chi connectivity index (χ1) is 6.84. The molecule has 0 fully saturated rings. The topological polar surface area (TPSA) is 4.41 Å². The van der Waals surface area contributed by atoms with Gasteiger partial charge < -0.3 is 0 Å². The van der Waals surface area contributed by atoms with E-state index >= 15 is 0 Å². The van der Waals surface area contributed by atoms with Crippen LogP contribution in [0.4, 0.5) is 0 Å². The second kappa shape index (κ2) is 2.90. The highest BCUT2D eigenvalue weighted by Gasteiger charge is 1.97. The van der Waals surface area contributed by atoms with E-state index in [0.717, 1.165) is 3.95 Å². The van der Waals surface area contributed by atoms with Gasteiger partial charge in [0.15, 0.2) is 3.95 Å². The number of benzene rings is 1. The summed E-state index contributed by atoms with van der Waals surface area (Å²) in [6.45, 7) is 0. The molecule has 14 heavy (non-hydrogen) atoms. The van der Waals surface area contributed by atoms with Crippen LogP contribution in [0.25, 0.3) is 16.3 Å². The summed E-state index contributed by atoms with van der Waals surface area (Å²) in [6, 6.07) is 10.5. The third-order valence-corrected chi connectivity index (χ3v) is 3.57. The monoisotopic (exact) mass is 217 g/mol. The summed E-state index contributed by atoms with van der Waals surface area (Å²) >= 11 is 6.84. The van der Waals surface area contributed by atoms with Crippen molar-refractivity contribution in [2.45, 2.75) is 0 Å². The lowest BCUT2D eigenvalue weighted by Crippen LogP contribution is -1.83. The van der Waals surface area contributed by atoms with Gasteiger partial charge in [0, 0.05) is 11.6 Å². The van der Waals surface area contributed by atoms with Crippen molar-refractivity contribution in [3.05, 3.63) is 45.9 Å². The van der Waals surface area contributed by atoms with Gasteiger partial charge in [-0.1, -0.05) is 24.3 Å². The SMILES string of the molecule is S=c1scc2cc3ccccc3cn12. The number of pyridine rings is 1. The maximum absolute atomic E-state index is 5.23. The number of rotatable bonds is 0. The number of aromatic nitrogens is 1. The number of thiazole rings is 1. The van der Waals surface area contributed by atoms with E-state index in [1.165, 1.54) is 16.3 Å². The van der Waals surface area contributed by atoms with Gasteiger partial charge in [-0.05, 0) is 29.1 Å². The van der Waals surface area contributed by atoms with Crippen molar-refractivity contribution in [3.8, 4) is 0 Å². The van der Waals surface area contributed by atoms with Crippen LogP contribution in [0.3, 0.4) is 0 Å². The molecule has 0 N–H and O–H groups in total. The molecule has 0 aliphatic heterocycles. The van der Waals surface area contributed by atoms with Crippen LogP contribution in [-0.2, 0) is 0 Å². The second-order valence-corrected chi connectivity index (χ2v) is 4.70. The van der Waals surface area contributed by atoms with Gasteiger partial charge in [0.2, 0.25) is 0 Å². The van der Waals surface area contributed by atoms with Crippen molar-refractivity contribution in [2.75, 3.05) is 0 Å². The molecular formula is C11H7NS2. The highest BCUT2D eigenvalue weighted by Crippen LogP contribution is 2.19. The lowest BCUT2D eigenvalue weighted by Gasteiger charge is -1.98. The van der Waals surface area contributed by atoms with E-state index in [0.29, 0.717) is 0 Å². The van der Waals surface area contributed by atoms with Gasteiger partial charge in [0.25, 0.3) is 0 Å². The minimum atomic E-state index is 0.908. The first-order valence-electron chi connectivity index (χ1n) is 4.33. The van der Waals surface area contributed by atoms with Crippen molar-refractivity contribution < 1.29 is 0 Å². The molecule has 0 saturated carbocycles. The van der Waals surface area contributed by atoms with Crippen LogP contribution < -0.4 is 0 Å². The molecule has 0 bridgehead atoms. The van der Waals surface area contributed by atoms with Crippen LogP contribution in [0.2, 0.25) is 0 Å². The van der Waals surface area contributed by atoms with E-state index < -0.39 is 0 Å². The molecule has 1 aromatic carbocycles. The van der Waals surface area contributed by atoms with Crippen molar-refractivity contribution in [2.24, 2.45) is 0 Å². The Balaban J connectivity index is 2.61. The van der Waals surface area contributed by atoms with Crippen molar-refractivity contribution in [1.82, 2.24) is 4.40 Å². The van der Waals surface area contributed by atoms with Gasteiger partial charge in [0.1, 0.15) is 0 Å². The van der Waals surface area contributed by atoms with Gasteiger partial charge in [-0.25, -0.2) is 0 Å². The Hall–Kier alpha value is -1.19. The van der Waals surface area contributed by atoms with Gasteiger partial charge in [-0.15, -0.1) is 11.3 Å². The van der Waals surface area contributed by atoms with Gasteiger partial charge in [-0.3, -0.25) is 4.40 Å². The number of hydrogen-bond acceptors (Lipinski definition) is 2. The summed E-state index contributed by atoms with van der Waals surface area (Å²) in [5, 5.41) is 4.59. The number of hydrogen-bond donors (Lipinski definition) is 0. The van der Waals surface area contributed by atoms with E-state index in [1.54, 1.807) is 11.3 Å². The lowest BCUT2D eigenvalue weighted by molar-refractivity contribution is 1.21. The minimum absolute atomic E-state index is 0.908. The Labute approximate surface area is 90.2 Å². The van der Waals surface area contributed by atoms with Crippen LogP contribution in [0, 0.1) is 3.95 Å². The lowest BCUT2D eigenvalue weighted by atomic mass is 10.2. The van der Waals surface area contributed by atoms with Gasteiger partial charge >= 0.3 is 0 Å². The largest absolute Gasteiger partial charge is 0.298 e. The fourth-order valence-corrected chi connectivity index (χ4v) is 2.60. The highest BCUT2D eigenvalue weighted by molar-refractivity contribution is 7.73. The fourth-order valence-electron chi connectivity index (χ4n) is 1.62. The first kappa shape index (κ1) is 8.15. The third kappa shape index (κ3) is 1.10. The summed E-state index contributed by atoms with van der Waals surface area (Å²) in [5.74, 6) is 0. The Kier molecular flexibility index (Phi) is 1.69. The normalized spacial score (nSPS) is 11.1. The molecule has 2 heterocycles. The van der Waals surface area contributed by atoms with Crippen LogP contribution in [0.5, 0.6) is 0 Å². The van der Waals surface area contributed by atoms with Crippen molar-refractivity contribution in [3.63, 3.8) is 0 Å². The smallest absolute Gasteiger partial charge is 0.165 e. The molecule has 3 aromatic rings. The fraction of sp³-hybridized carbons (Fsp3) is 0. The van der Waals surface area contributed by atoms with Crippen LogP contribution in [0.15, 0.2) is 41.9 Å². The van der Waals surface area contributed by atoms with Crippen LogP contribution in [-0.4, -0.2) is 4.40 Å². The zero-order valence-corrected chi connectivity index (χ0v) is 8.94.